The Bertz CT molecular complexity index is 890. The number of rotatable bonds is 6. The summed E-state index contributed by atoms with van der Waals surface area (Å²) < 4.78 is 5.30. The van der Waals surface area contributed by atoms with Crippen LogP contribution in [-0.2, 0) is 14.3 Å². The summed E-state index contributed by atoms with van der Waals surface area (Å²) in [6.45, 7) is 10.7. The Morgan fingerprint density at radius 2 is 1.67 bits per heavy atom. The number of hydrogen-bond acceptors (Lipinski definition) is 5. The quantitative estimate of drug-likeness (QED) is 0.516. The van der Waals surface area contributed by atoms with Gasteiger partial charge in [0.2, 0.25) is 0 Å². The lowest BCUT2D eigenvalue weighted by molar-refractivity contribution is -0.151. The molecule has 0 radical (unpaired) electrons. The Balaban J connectivity index is 1.44. The predicted octanol–water partition coefficient (Wildman–Crippen LogP) is 3.98. The fourth-order valence-corrected chi connectivity index (χ4v) is 4.35. The van der Waals surface area contributed by atoms with Crippen molar-refractivity contribution < 1.29 is 14.3 Å². The van der Waals surface area contributed by atoms with E-state index in [1.54, 1.807) is 11.8 Å². The fourth-order valence-electron chi connectivity index (χ4n) is 3.49. The Morgan fingerprint density at radius 1 is 1.00 bits per heavy atom. The molecule has 1 fully saturated rings. The molecule has 0 saturated carbocycles. The lowest BCUT2D eigenvalue weighted by Crippen LogP contribution is -2.50. The van der Waals surface area contributed by atoms with E-state index < -0.39 is 0 Å². The van der Waals surface area contributed by atoms with E-state index in [-0.39, 0.29) is 23.7 Å². The minimum absolute atomic E-state index is 0.128. The number of thioether (sulfide) groups is 1. The second-order valence-corrected chi connectivity index (χ2v) is 9.18. The van der Waals surface area contributed by atoms with Crippen LogP contribution in [0.2, 0.25) is 0 Å². The van der Waals surface area contributed by atoms with Crippen LogP contribution < -0.4 is 4.90 Å². The summed E-state index contributed by atoms with van der Waals surface area (Å²) in [6, 6.07) is 14.3. The number of ether oxygens (including phenoxy) is 1. The normalized spacial score (nSPS) is 15.1. The van der Waals surface area contributed by atoms with Gasteiger partial charge in [-0.2, -0.15) is 0 Å². The van der Waals surface area contributed by atoms with E-state index in [0.29, 0.717) is 13.1 Å². The van der Waals surface area contributed by atoms with Crippen molar-refractivity contribution in [1.82, 2.24) is 4.90 Å². The third kappa shape index (κ3) is 5.57. The molecule has 6 heteroatoms. The third-order valence-corrected chi connectivity index (χ3v) is 6.64. The lowest BCUT2D eigenvalue weighted by atomic mass is 10.1. The summed E-state index contributed by atoms with van der Waals surface area (Å²) in [5.41, 5.74) is 4.97. The monoisotopic (exact) mass is 426 g/mol. The zero-order valence-corrected chi connectivity index (χ0v) is 19.0. The van der Waals surface area contributed by atoms with E-state index in [1.165, 1.54) is 34.1 Å². The van der Waals surface area contributed by atoms with Crippen molar-refractivity contribution in [2.75, 3.05) is 37.7 Å². The van der Waals surface area contributed by atoms with Crippen LogP contribution in [-0.4, -0.2) is 54.8 Å². The van der Waals surface area contributed by atoms with Crippen LogP contribution in [0.15, 0.2) is 47.4 Å². The molecule has 0 aromatic heterocycles. The van der Waals surface area contributed by atoms with Crippen molar-refractivity contribution in [3.8, 4) is 0 Å². The minimum atomic E-state index is -0.360. The highest BCUT2D eigenvalue weighted by Gasteiger charge is 2.24. The van der Waals surface area contributed by atoms with Crippen molar-refractivity contribution in [2.24, 2.45) is 0 Å². The number of hydrogen-bond donors (Lipinski definition) is 0. The Morgan fingerprint density at radius 3 is 2.33 bits per heavy atom. The van der Waals surface area contributed by atoms with Crippen LogP contribution in [0.4, 0.5) is 5.69 Å². The Labute approximate surface area is 183 Å². The van der Waals surface area contributed by atoms with Crippen molar-refractivity contribution >= 4 is 29.3 Å². The van der Waals surface area contributed by atoms with Gasteiger partial charge in [0.15, 0.2) is 6.61 Å². The van der Waals surface area contributed by atoms with Crippen LogP contribution in [0, 0.1) is 20.8 Å². The van der Waals surface area contributed by atoms with Crippen molar-refractivity contribution in [1.29, 1.82) is 0 Å². The lowest BCUT2D eigenvalue weighted by Gasteiger charge is -2.37. The predicted molar refractivity (Wildman–Crippen MR) is 122 cm³/mol. The molecule has 1 aliphatic rings. The summed E-state index contributed by atoms with van der Waals surface area (Å²) in [4.78, 5) is 29.9. The van der Waals surface area contributed by atoms with Gasteiger partial charge in [0.1, 0.15) is 5.25 Å². The Kier molecular flexibility index (Phi) is 7.43. The van der Waals surface area contributed by atoms with E-state index in [0.717, 1.165) is 18.0 Å². The SMILES string of the molecule is Cc1ccc(S[C@@H](C)C(=O)OCC(=O)N2CCN(c3cccc(C)c3C)CC2)cc1. The van der Waals surface area contributed by atoms with E-state index in [4.69, 9.17) is 4.74 Å². The zero-order valence-electron chi connectivity index (χ0n) is 18.2. The molecular weight excluding hydrogens is 396 g/mol. The van der Waals surface area contributed by atoms with Gasteiger partial charge < -0.3 is 14.5 Å². The molecule has 0 bridgehead atoms. The summed E-state index contributed by atoms with van der Waals surface area (Å²) in [5, 5.41) is -0.360. The van der Waals surface area contributed by atoms with Crippen LogP contribution in [0.1, 0.15) is 23.6 Å². The number of nitrogens with zero attached hydrogens (tertiary/aromatic N) is 2. The van der Waals surface area contributed by atoms with Gasteiger partial charge in [-0.05, 0) is 57.0 Å². The molecule has 1 atom stereocenters. The smallest absolute Gasteiger partial charge is 0.319 e. The first-order valence-electron chi connectivity index (χ1n) is 10.3. The first kappa shape index (κ1) is 22.2. The summed E-state index contributed by atoms with van der Waals surface area (Å²) in [7, 11) is 0. The molecular formula is C24H30N2O3S. The van der Waals surface area contributed by atoms with Crippen molar-refractivity contribution in [2.45, 2.75) is 37.8 Å². The topological polar surface area (TPSA) is 49.9 Å². The molecule has 5 nitrogen and oxygen atoms in total. The van der Waals surface area contributed by atoms with Crippen LogP contribution in [0.5, 0.6) is 0 Å². The van der Waals surface area contributed by atoms with E-state index in [9.17, 15) is 9.59 Å². The zero-order chi connectivity index (χ0) is 21.7. The second kappa shape index (κ2) is 10.0. The molecule has 1 aliphatic heterocycles. The summed E-state index contributed by atoms with van der Waals surface area (Å²) in [5.74, 6) is -0.487. The van der Waals surface area contributed by atoms with Crippen LogP contribution in [0.3, 0.4) is 0 Å². The number of benzene rings is 2. The van der Waals surface area contributed by atoms with E-state index in [2.05, 4.69) is 36.9 Å². The van der Waals surface area contributed by atoms with Crippen molar-refractivity contribution in [3.05, 3.63) is 59.2 Å². The summed E-state index contributed by atoms with van der Waals surface area (Å²) in [6.07, 6.45) is 0. The number of piperazine rings is 1. The maximum atomic E-state index is 12.5. The van der Waals surface area contributed by atoms with Gasteiger partial charge in [0.25, 0.3) is 5.91 Å². The number of amides is 1. The van der Waals surface area contributed by atoms with E-state index >= 15 is 0 Å². The van der Waals surface area contributed by atoms with E-state index in [1.807, 2.05) is 31.2 Å². The maximum absolute atomic E-state index is 12.5. The second-order valence-electron chi connectivity index (χ2n) is 7.77. The molecule has 3 rings (SSSR count). The van der Waals surface area contributed by atoms with Gasteiger partial charge in [-0.15, -0.1) is 11.8 Å². The largest absolute Gasteiger partial charge is 0.455 e. The molecule has 1 saturated heterocycles. The molecule has 0 N–H and O–H groups in total. The third-order valence-electron chi connectivity index (χ3n) is 5.55. The van der Waals surface area contributed by atoms with Crippen LogP contribution in [0.25, 0.3) is 0 Å². The Hall–Kier alpha value is -2.47. The van der Waals surface area contributed by atoms with Gasteiger partial charge in [-0.1, -0.05) is 29.8 Å². The van der Waals surface area contributed by atoms with Gasteiger partial charge in [-0.3, -0.25) is 9.59 Å². The molecule has 1 amide bonds. The molecule has 2 aromatic carbocycles. The number of esters is 1. The highest BCUT2D eigenvalue weighted by molar-refractivity contribution is 8.00. The molecule has 0 aliphatic carbocycles. The number of carbonyl (C=O) groups excluding carboxylic acids is 2. The minimum Gasteiger partial charge on any atom is -0.455 e. The standard InChI is InChI=1S/C24H30N2O3S/c1-17-8-10-21(11-9-17)30-20(4)24(28)29-16-23(27)26-14-12-25(13-15-26)22-7-5-6-18(2)19(22)3/h5-11,20H,12-16H2,1-4H3/t20-/m0/s1. The molecule has 2 aromatic rings. The number of carbonyl (C=O) groups is 2. The molecule has 1 heterocycles. The van der Waals surface area contributed by atoms with Gasteiger partial charge >= 0.3 is 5.97 Å². The van der Waals surface area contributed by atoms with Gasteiger partial charge in [0, 0.05) is 36.8 Å². The van der Waals surface area contributed by atoms with Crippen molar-refractivity contribution in [3.63, 3.8) is 0 Å². The number of aryl methyl sites for hydroxylation is 2. The molecule has 0 spiro atoms. The van der Waals surface area contributed by atoms with Gasteiger partial charge in [-0.25, -0.2) is 0 Å². The first-order chi connectivity index (χ1) is 14.3. The molecule has 0 unspecified atom stereocenters. The first-order valence-corrected chi connectivity index (χ1v) is 11.2. The number of anilines is 1. The van der Waals surface area contributed by atoms with Gasteiger partial charge in [0.05, 0.1) is 0 Å². The molecule has 160 valence electrons. The average Bonchev–Trinajstić information content (AvgIpc) is 2.75. The average molecular weight is 427 g/mol. The molecule has 30 heavy (non-hydrogen) atoms. The van der Waals surface area contributed by atoms with Crippen LogP contribution >= 0.6 is 11.8 Å². The summed E-state index contributed by atoms with van der Waals surface area (Å²) >= 11 is 1.44. The highest BCUT2D eigenvalue weighted by atomic mass is 32.2. The fraction of sp³-hybridized carbons (Fsp3) is 0.417. The maximum Gasteiger partial charge on any atom is 0.319 e. The highest BCUT2D eigenvalue weighted by Crippen LogP contribution is 2.25.